The zero-order valence-electron chi connectivity index (χ0n) is 17.1. The molecule has 0 bridgehead atoms. The highest BCUT2D eigenvalue weighted by molar-refractivity contribution is 5.92. The monoisotopic (exact) mass is 396 g/mol. The quantitative estimate of drug-likeness (QED) is 0.410. The summed E-state index contributed by atoms with van der Waals surface area (Å²) in [5.74, 6) is -0.720. The van der Waals surface area contributed by atoms with Crippen LogP contribution in [0.25, 0.3) is 0 Å². The number of rotatable bonds is 12. The topological polar surface area (TPSA) is 125 Å². The van der Waals surface area contributed by atoms with Crippen LogP contribution in [0.3, 0.4) is 0 Å². The summed E-state index contributed by atoms with van der Waals surface area (Å²) in [6.07, 6.45) is 4.45. The molecule has 28 heavy (non-hydrogen) atoms. The Morgan fingerprint density at radius 3 is 2.11 bits per heavy atom. The Labute approximate surface area is 164 Å². The molecule has 0 aliphatic carbocycles. The number of methoxy groups -OCH3 is 1. The molecule has 158 valence electrons. The van der Waals surface area contributed by atoms with Gasteiger partial charge >= 0.3 is 11.7 Å². The number of carbonyl (C=O) groups is 2. The van der Waals surface area contributed by atoms with Gasteiger partial charge in [0.05, 0.1) is 7.11 Å². The highest BCUT2D eigenvalue weighted by atomic mass is 16.5. The first kappa shape index (κ1) is 23.5. The minimum atomic E-state index is -0.577. The largest absolute Gasteiger partial charge is 0.469 e. The molecule has 0 saturated heterocycles. The third kappa shape index (κ3) is 6.54. The van der Waals surface area contributed by atoms with Crippen LogP contribution in [0.15, 0.2) is 9.59 Å². The van der Waals surface area contributed by atoms with Crippen molar-refractivity contribution in [1.82, 2.24) is 9.13 Å². The number of amides is 1. The molecule has 1 heterocycles. The first-order valence-corrected chi connectivity index (χ1v) is 9.87. The van der Waals surface area contributed by atoms with E-state index in [0.717, 1.165) is 23.8 Å². The molecule has 1 aromatic heterocycles. The number of anilines is 2. The summed E-state index contributed by atoms with van der Waals surface area (Å²) in [6.45, 7) is 4.62. The first-order valence-electron chi connectivity index (χ1n) is 9.87. The number of nitrogen functional groups attached to an aromatic ring is 1. The summed E-state index contributed by atoms with van der Waals surface area (Å²) >= 11 is 0. The number of nitrogens with zero attached hydrogens (tertiary/aromatic N) is 2. The second kappa shape index (κ2) is 12.0. The Morgan fingerprint density at radius 2 is 1.54 bits per heavy atom. The van der Waals surface area contributed by atoms with Crippen molar-refractivity contribution in [3.05, 3.63) is 20.8 Å². The van der Waals surface area contributed by atoms with Crippen LogP contribution in [0.1, 0.15) is 65.2 Å². The molecule has 1 amide bonds. The number of carbonyl (C=O) groups excluding carboxylic acids is 2. The van der Waals surface area contributed by atoms with Crippen LogP contribution >= 0.6 is 0 Å². The second-order valence-electron chi connectivity index (χ2n) is 6.69. The number of esters is 1. The lowest BCUT2D eigenvalue weighted by molar-refractivity contribution is -0.140. The number of ether oxygens (including phenoxy) is 1. The van der Waals surface area contributed by atoms with Crippen LogP contribution in [-0.4, -0.2) is 28.1 Å². The van der Waals surface area contributed by atoms with E-state index in [1.54, 1.807) is 0 Å². The molecule has 0 fully saturated rings. The first-order chi connectivity index (χ1) is 13.4. The minimum absolute atomic E-state index is 0.0147. The van der Waals surface area contributed by atoms with Gasteiger partial charge in [0.1, 0.15) is 11.5 Å². The van der Waals surface area contributed by atoms with Crippen molar-refractivity contribution in [3.8, 4) is 0 Å². The maximum Gasteiger partial charge on any atom is 0.332 e. The van der Waals surface area contributed by atoms with Crippen LogP contribution in [0.2, 0.25) is 0 Å². The van der Waals surface area contributed by atoms with Crippen molar-refractivity contribution < 1.29 is 14.3 Å². The number of unbranched alkanes of at least 4 members (excludes halogenated alkanes) is 3. The number of nitrogens with two attached hydrogens (primary N) is 1. The normalized spacial score (nSPS) is 10.7. The van der Waals surface area contributed by atoms with Crippen LogP contribution in [0, 0.1) is 0 Å². The molecule has 0 atom stereocenters. The van der Waals surface area contributed by atoms with Crippen molar-refractivity contribution in [3.63, 3.8) is 0 Å². The van der Waals surface area contributed by atoms with Crippen molar-refractivity contribution in [2.75, 3.05) is 18.2 Å². The van der Waals surface area contributed by atoms with Crippen LogP contribution in [0.5, 0.6) is 0 Å². The number of nitrogens with one attached hydrogen (secondary N) is 1. The van der Waals surface area contributed by atoms with Crippen molar-refractivity contribution >= 4 is 23.4 Å². The summed E-state index contributed by atoms with van der Waals surface area (Å²) in [6, 6.07) is 0. The average molecular weight is 396 g/mol. The molecule has 0 aliphatic rings. The zero-order chi connectivity index (χ0) is 21.1. The Bertz CT molecular complexity index is 782. The Hall–Kier alpha value is -2.58. The zero-order valence-corrected chi connectivity index (χ0v) is 17.1. The summed E-state index contributed by atoms with van der Waals surface area (Å²) in [7, 11) is 1.31. The van der Waals surface area contributed by atoms with Crippen molar-refractivity contribution in [2.24, 2.45) is 0 Å². The molecular formula is C19H32N4O5. The smallest absolute Gasteiger partial charge is 0.332 e. The predicted octanol–water partition coefficient (Wildman–Crippen LogP) is 1.86. The molecular weight excluding hydrogens is 364 g/mol. The Kier molecular flexibility index (Phi) is 10.0. The van der Waals surface area contributed by atoms with E-state index < -0.39 is 11.2 Å². The number of hydrogen-bond donors (Lipinski definition) is 2. The Morgan fingerprint density at radius 1 is 0.964 bits per heavy atom. The number of aromatic nitrogens is 2. The fourth-order valence-corrected chi connectivity index (χ4v) is 2.74. The SMILES string of the molecule is CCCCn1c(N)c(NC(=O)CCCCC(=O)OC)c(=O)n(CCCC)c1=O. The maximum absolute atomic E-state index is 12.7. The summed E-state index contributed by atoms with van der Waals surface area (Å²) in [4.78, 5) is 48.7. The molecule has 0 unspecified atom stereocenters. The summed E-state index contributed by atoms with van der Waals surface area (Å²) in [5, 5.41) is 2.57. The van der Waals surface area contributed by atoms with Crippen LogP contribution in [-0.2, 0) is 27.4 Å². The van der Waals surface area contributed by atoms with Gasteiger partial charge in [-0.15, -0.1) is 0 Å². The van der Waals surface area contributed by atoms with Crippen molar-refractivity contribution in [1.29, 1.82) is 0 Å². The van der Waals surface area contributed by atoms with Gasteiger partial charge in [-0.05, 0) is 25.7 Å². The van der Waals surface area contributed by atoms with Gasteiger partial charge in [-0.3, -0.25) is 23.5 Å². The lowest BCUT2D eigenvalue weighted by Crippen LogP contribution is -2.43. The molecule has 3 N–H and O–H groups in total. The lowest BCUT2D eigenvalue weighted by atomic mass is 10.2. The van der Waals surface area contributed by atoms with Crippen LogP contribution < -0.4 is 22.3 Å². The van der Waals surface area contributed by atoms with E-state index >= 15 is 0 Å². The molecule has 0 saturated carbocycles. The van der Waals surface area contributed by atoms with Gasteiger partial charge in [-0.25, -0.2) is 4.79 Å². The molecule has 0 spiro atoms. The van der Waals surface area contributed by atoms with Crippen LogP contribution in [0.4, 0.5) is 11.5 Å². The second-order valence-corrected chi connectivity index (χ2v) is 6.69. The van der Waals surface area contributed by atoms with Gasteiger partial charge in [0.25, 0.3) is 5.56 Å². The molecule has 1 rings (SSSR count). The minimum Gasteiger partial charge on any atom is -0.469 e. The lowest BCUT2D eigenvalue weighted by Gasteiger charge is -2.17. The summed E-state index contributed by atoms with van der Waals surface area (Å²) in [5.41, 5.74) is 4.99. The van der Waals surface area contributed by atoms with Gasteiger partial charge in [-0.2, -0.15) is 0 Å². The molecule has 0 aliphatic heterocycles. The predicted molar refractivity (Wildman–Crippen MR) is 108 cm³/mol. The van der Waals surface area contributed by atoms with Gasteiger partial charge in [0, 0.05) is 25.9 Å². The molecule has 0 radical (unpaired) electrons. The standard InChI is InChI=1S/C19H32N4O5/c1-4-6-12-22-17(20)16(18(26)23(19(22)27)13-7-5-2)21-14(24)10-8-9-11-15(25)28-3/h4-13,20H2,1-3H3,(H,21,24). The Balaban J connectivity index is 3.02. The van der Waals surface area contributed by atoms with E-state index in [-0.39, 0.29) is 42.8 Å². The van der Waals surface area contributed by atoms with E-state index in [1.165, 1.54) is 11.7 Å². The molecule has 0 aromatic carbocycles. The maximum atomic E-state index is 12.7. The molecule has 1 aromatic rings. The van der Waals surface area contributed by atoms with Gasteiger partial charge in [-0.1, -0.05) is 26.7 Å². The average Bonchev–Trinajstić information content (AvgIpc) is 2.68. The highest BCUT2D eigenvalue weighted by Crippen LogP contribution is 2.13. The highest BCUT2D eigenvalue weighted by Gasteiger charge is 2.18. The van der Waals surface area contributed by atoms with E-state index in [9.17, 15) is 19.2 Å². The van der Waals surface area contributed by atoms with E-state index in [2.05, 4.69) is 10.1 Å². The fourth-order valence-electron chi connectivity index (χ4n) is 2.74. The van der Waals surface area contributed by atoms with Gasteiger partial charge < -0.3 is 15.8 Å². The van der Waals surface area contributed by atoms with Gasteiger partial charge in [0.2, 0.25) is 5.91 Å². The van der Waals surface area contributed by atoms with E-state index in [0.29, 0.717) is 25.8 Å². The van der Waals surface area contributed by atoms with E-state index in [4.69, 9.17) is 5.73 Å². The fraction of sp³-hybridized carbons (Fsp3) is 0.684. The third-order valence-corrected chi connectivity index (χ3v) is 4.47. The van der Waals surface area contributed by atoms with E-state index in [1.807, 2.05) is 13.8 Å². The van der Waals surface area contributed by atoms with Crippen molar-refractivity contribution in [2.45, 2.75) is 78.3 Å². The summed E-state index contributed by atoms with van der Waals surface area (Å²) < 4.78 is 7.05. The molecule has 9 heteroatoms. The van der Waals surface area contributed by atoms with Gasteiger partial charge in [0.15, 0.2) is 0 Å². The third-order valence-electron chi connectivity index (χ3n) is 4.47. The molecule has 9 nitrogen and oxygen atoms in total. The number of hydrogen-bond acceptors (Lipinski definition) is 6.